The number of amides is 2. The number of benzene rings is 2. The van der Waals surface area contributed by atoms with Gasteiger partial charge in [0.05, 0.1) is 18.3 Å². The maximum atomic E-state index is 12.0. The van der Waals surface area contributed by atoms with Crippen molar-refractivity contribution in [2.75, 3.05) is 6.61 Å². The molecule has 28 heavy (non-hydrogen) atoms. The summed E-state index contributed by atoms with van der Waals surface area (Å²) in [6.07, 6.45) is 2.27. The number of nitrogens with one attached hydrogen (secondary N) is 1. The Morgan fingerprint density at radius 3 is 2.71 bits per heavy atom. The number of hydrogen-bond donors (Lipinski definition) is 1. The van der Waals surface area contributed by atoms with Crippen LogP contribution in [0.4, 0.5) is 4.79 Å². The van der Waals surface area contributed by atoms with Crippen molar-refractivity contribution in [3.8, 4) is 5.75 Å². The smallest absolute Gasteiger partial charge is 0.286 e. The normalized spacial score (nSPS) is 19.2. The van der Waals surface area contributed by atoms with Crippen LogP contribution in [0, 0.1) is 0 Å². The fourth-order valence-electron chi connectivity index (χ4n) is 3.20. The minimum absolute atomic E-state index is 0.240. The zero-order chi connectivity index (χ0) is 19.7. The van der Waals surface area contributed by atoms with Crippen LogP contribution in [0.1, 0.15) is 12.5 Å². The summed E-state index contributed by atoms with van der Waals surface area (Å²) < 4.78 is 6.94. The first kappa shape index (κ1) is 18.8. The number of aromatic nitrogens is 2. The Balaban J connectivity index is 1.34. The third-order valence-corrected chi connectivity index (χ3v) is 5.96. The molecule has 1 atom stereocenters. The van der Waals surface area contributed by atoms with Gasteiger partial charge in [-0.2, -0.15) is 5.10 Å². The molecule has 1 saturated heterocycles. The van der Waals surface area contributed by atoms with Gasteiger partial charge in [-0.05, 0) is 61.0 Å². The SMILES string of the molecule is CC1(Cc2ccc(OCCn3ncc4cc(Cl)ccc43)cc2)SC(=O)NC1=O. The van der Waals surface area contributed by atoms with Gasteiger partial charge >= 0.3 is 0 Å². The number of rotatable bonds is 6. The molecule has 2 amide bonds. The molecule has 0 saturated carbocycles. The summed E-state index contributed by atoms with van der Waals surface area (Å²) in [4.78, 5) is 23.4. The molecule has 2 aromatic carbocycles. The minimum atomic E-state index is -0.760. The first-order valence-electron chi connectivity index (χ1n) is 8.80. The Hall–Kier alpha value is -2.51. The Bertz CT molecular complexity index is 1050. The molecule has 8 heteroatoms. The van der Waals surface area contributed by atoms with Crippen LogP contribution >= 0.6 is 23.4 Å². The van der Waals surface area contributed by atoms with Crippen molar-refractivity contribution >= 4 is 45.4 Å². The summed E-state index contributed by atoms with van der Waals surface area (Å²) in [5.41, 5.74) is 1.99. The van der Waals surface area contributed by atoms with Gasteiger partial charge in [0.15, 0.2) is 0 Å². The molecule has 1 aliphatic rings. The zero-order valence-corrected chi connectivity index (χ0v) is 16.7. The number of ether oxygens (including phenoxy) is 1. The van der Waals surface area contributed by atoms with Crippen molar-refractivity contribution in [3.63, 3.8) is 0 Å². The molecular weight excluding hydrogens is 398 g/mol. The number of imide groups is 1. The van der Waals surface area contributed by atoms with Crippen molar-refractivity contribution in [1.29, 1.82) is 0 Å². The number of carbonyl (C=O) groups excluding carboxylic acids is 2. The standard InChI is InChI=1S/C20H18ClN3O3S/c1-20(18(25)23-19(26)28-20)11-13-2-5-16(6-3-13)27-9-8-24-17-7-4-15(21)10-14(17)12-22-24/h2-7,10,12H,8-9,11H2,1H3,(H,23,25,26). The van der Waals surface area contributed by atoms with Crippen LogP contribution in [0.15, 0.2) is 48.7 Å². The van der Waals surface area contributed by atoms with Gasteiger partial charge in [-0.25, -0.2) is 0 Å². The highest BCUT2D eigenvalue weighted by Crippen LogP contribution is 2.34. The van der Waals surface area contributed by atoms with Gasteiger partial charge in [0.1, 0.15) is 17.1 Å². The summed E-state index contributed by atoms with van der Waals surface area (Å²) in [6.45, 7) is 2.87. The van der Waals surface area contributed by atoms with Crippen LogP contribution in [-0.4, -0.2) is 32.3 Å². The Labute approximate surface area is 171 Å². The van der Waals surface area contributed by atoms with Crippen LogP contribution in [-0.2, 0) is 17.8 Å². The quantitative estimate of drug-likeness (QED) is 0.657. The second-order valence-corrected chi connectivity index (χ2v) is 8.73. The number of halogens is 1. The Morgan fingerprint density at radius 1 is 1.21 bits per heavy atom. The Kier molecular flexibility index (Phi) is 5.03. The maximum absolute atomic E-state index is 12.0. The summed E-state index contributed by atoms with van der Waals surface area (Å²) in [7, 11) is 0. The van der Waals surface area contributed by atoms with Crippen LogP contribution in [0.25, 0.3) is 10.9 Å². The highest BCUT2D eigenvalue weighted by Gasteiger charge is 2.43. The highest BCUT2D eigenvalue weighted by atomic mass is 35.5. The molecule has 144 valence electrons. The van der Waals surface area contributed by atoms with Gasteiger partial charge in [0.25, 0.3) is 5.24 Å². The molecule has 0 bridgehead atoms. The van der Waals surface area contributed by atoms with Crippen molar-refractivity contribution < 1.29 is 14.3 Å². The minimum Gasteiger partial charge on any atom is -0.492 e. The van der Waals surface area contributed by atoms with Gasteiger partial charge in [-0.1, -0.05) is 23.7 Å². The number of hydrogen-bond acceptors (Lipinski definition) is 5. The van der Waals surface area contributed by atoms with Gasteiger partial charge in [-0.3, -0.25) is 19.6 Å². The van der Waals surface area contributed by atoms with Gasteiger partial charge in [0.2, 0.25) is 5.91 Å². The van der Waals surface area contributed by atoms with Gasteiger partial charge < -0.3 is 4.74 Å². The molecule has 2 heterocycles. The molecule has 1 fully saturated rings. The average Bonchev–Trinajstić information content (AvgIpc) is 3.16. The van der Waals surface area contributed by atoms with Crippen LogP contribution in [0.2, 0.25) is 5.02 Å². The number of fused-ring (bicyclic) bond motifs is 1. The predicted molar refractivity (Wildman–Crippen MR) is 110 cm³/mol. The molecule has 1 N–H and O–H groups in total. The number of thioether (sulfide) groups is 1. The second-order valence-electron chi connectivity index (χ2n) is 6.81. The third kappa shape index (κ3) is 3.86. The maximum Gasteiger partial charge on any atom is 0.286 e. The first-order chi connectivity index (χ1) is 13.4. The van der Waals surface area contributed by atoms with E-state index >= 15 is 0 Å². The molecule has 4 rings (SSSR count). The number of carbonyl (C=O) groups is 2. The van der Waals surface area contributed by atoms with Gasteiger partial charge in [-0.15, -0.1) is 0 Å². The van der Waals surface area contributed by atoms with Crippen LogP contribution < -0.4 is 10.1 Å². The molecule has 1 aromatic heterocycles. The van der Waals surface area contributed by atoms with E-state index in [1.54, 1.807) is 13.1 Å². The van der Waals surface area contributed by atoms with E-state index in [4.69, 9.17) is 16.3 Å². The summed E-state index contributed by atoms with van der Waals surface area (Å²) in [5.74, 6) is 0.503. The van der Waals surface area contributed by atoms with Crippen molar-refractivity contribution in [3.05, 3.63) is 59.2 Å². The van der Waals surface area contributed by atoms with E-state index in [-0.39, 0.29) is 11.1 Å². The summed E-state index contributed by atoms with van der Waals surface area (Å²) in [6, 6.07) is 13.3. The predicted octanol–water partition coefficient (Wildman–Crippen LogP) is 4.05. The lowest BCUT2D eigenvalue weighted by Crippen LogP contribution is -2.35. The van der Waals surface area contributed by atoms with E-state index in [1.807, 2.05) is 47.1 Å². The fraction of sp³-hybridized carbons (Fsp3) is 0.250. The lowest BCUT2D eigenvalue weighted by molar-refractivity contribution is -0.121. The highest BCUT2D eigenvalue weighted by molar-refractivity contribution is 8.16. The monoisotopic (exact) mass is 415 g/mol. The molecular formula is C20H18ClN3O3S. The van der Waals surface area contributed by atoms with E-state index in [1.165, 1.54) is 0 Å². The van der Waals surface area contributed by atoms with E-state index < -0.39 is 4.75 Å². The summed E-state index contributed by atoms with van der Waals surface area (Å²) >= 11 is 7.04. The fourth-order valence-corrected chi connectivity index (χ4v) is 4.31. The summed E-state index contributed by atoms with van der Waals surface area (Å²) in [5, 5.41) is 8.11. The molecule has 0 radical (unpaired) electrons. The third-order valence-electron chi connectivity index (χ3n) is 4.65. The zero-order valence-electron chi connectivity index (χ0n) is 15.1. The van der Waals surface area contributed by atoms with Crippen molar-refractivity contribution in [2.24, 2.45) is 0 Å². The average molecular weight is 416 g/mol. The lowest BCUT2D eigenvalue weighted by atomic mass is 9.99. The second kappa shape index (κ2) is 7.48. The van der Waals surface area contributed by atoms with E-state index in [9.17, 15) is 9.59 Å². The molecule has 3 aromatic rings. The molecule has 0 spiro atoms. The van der Waals surface area contributed by atoms with Crippen molar-refractivity contribution in [1.82, 2.24) is 15.1 Å². The lowest BCUT2D eigenvalue weighted by Gasteiger charge is -2.18. The van der Waals surface area contributed by atoms with E-state index in [0.717, 1.165) is 34.0 Å². The molecule has 0 aliphatic carbocycles. The Morgan fingerprint density at radius 2 is 2.00 bits per heavy atom. The van der Waals surface area contributed by atoms with Crippen molar-refractivity contribution in [2.45, 2.75) is 24.6 Å². The van der Waals surface area contributed by atoms with Crippen LogP contribution in [0.3, 0.4) is 0 Å². The topological polar surface area (TPSA) is 73.2 Å². The molecule has 1 aliphatic heterocycles. The largest absolute Gasteiger partial charge is 0.492 e. The number of nitrogens with zero attached hydrogens (tertiary/aromatic N) is 2. The van der Waals surface area contributed by atoms with Gasteiger partial charge in [0, 0.05) is 10.4 Å². The first-order valence-corrected chi connectivity index (χ1v) is 10.00. The molecule has 6 nitrogen and oxygen atoms in total. The van der Waals surface area contributed by atoms with E-state index in [0.29, 0.717) is 24.6 Å². The molecule has 1 unspecified atom stereocenters. The van der Waals surface area contributed by atoms with Crippen LogP contribution in [0.5, 0.6) is 5.75 Å². The van der Waals surface area contributed by atoms with E-state index in [2.05, 4.69) is 10.4 Å².